The number of nitrogens with two attached hydrogens (primary N) is 1. The number of amides is 1. The maximum Gasteiger partial charge on any atom is 0.223 e. The molecule has 1 heterocycles. The minimum Gasteiger partial charge on any atom is -0.351 e. The maximum atomic E-state index is 11.7. The van der Waals surface area contributed by atoms with Crippen LogP contribution < -0.4 is 10.6 Å². The first kappa shape index (κ1) is 10.5. The molecule has 1 fully saturated rings. The van der Waals surface area contributed by atoms with E-state index < -0.39 is 0 Å². The van der Waals surface area contributed by atoms with E-state index in [0.29, 0.717) is 0 Å². The summed E-state index contributed by atoms with van der Waals surface area (Å²) in [6, 6.07) is 0. The average molecular weight is 185 g/mol. The summed E-state index contributed by atoms with van der Waals surface area (Å²) in [4.78, 5) is 11.7. The van der Waals surface area contributed by atoms with Crippen LogP contribution in [0.5, 0.6) is 0 Å². The van der Waals surface area contributed by atoms with Gasteiger partial charge in [0.15, 0.2) is 0 Å². The number of hydrogen-bond acceptors (Lipinski definition) is 1. The molecule has 3 heteroatoms. The van der Waals surface area contributed by atoms with E-state index in [1.165, 1.54) is 0 Å². The zero-order chi connectivity index (χ0) is 9.90. The Bertz CT molecular complexity index is 178. The Morgan fingerprint density at radius 2 is 1.85 bits per heavy atom. The van der Waals surface area contributed by atoms with E-state index in [2.05, 4.69) is 10.6 Å². The summed E-state index contributed by atoms with van der Waals surface area (Å²) in [5.41, 5.74) is -0.0851. The normalized spacial score (nSPS) is 19.9. The fourth-order valence-corrected chi connectivity index (χ4v) is 1.66. The van der Waals surface area contributed by atoms with Crippen molar-refractivity contribution in [3.05, 3.63) is 0 Å². The highest BCUT2D eigenvalue weighted by Gasteiger charge is 2.25. The number of nitrogens with one attached hydrogen (secondary N) is 1. The highest BCUT2D eigenvalue weighted by molar-refractivity contribution is 5.79. The molecule has 1 amide bonds. The Labute approximate surface area is 80.3 Å². The van der Waals surface area contributed by atoms with Crippen molar-refractivity contribution in [2.45, 2.75) is 39.2 Å². The molecule has 1 saturated heterocycles. The van der Waals surface area contributed by atoms with Gasteiger partial charge >= 0.3 is 0 Å². The number of quaternary nitrogens is 1. The van der Waals surface area contributed by atoms with Gasteiger partial charge in [0.25, 0.3) is 0 Å². The van der Waals surface area contributed by atoms with Gasteiger partial charge in [-0.25, -0.2) is 0 Å². The fourth-order valence-electron chi connectivity index (χ4n) is 1.66. The molecule has 76 valence electrons. The summed E-state index contributed by atoms with van der Waals surface area (Å²) in [5.74, 6) is 0.491. The molecule has 3 nitrogen and oxygen atoms in total. The molecule has 0 atom stereocenters. The Morgan fingerprint density at radius 3 is 2.31 bits per heavy atom. The summed E-state index contributed by atoms with van der Waals surface area (Å²) in [6.07, 6.45) is 2.06. The van der Waals surface area contributed by atoms with Gasteiger partial charge in [0, 0.05) is 24.3 Å². The first-order valence-corrected chi connectivity index (χ1v) is 5.13. The molecule has 0 unspecified atom stereocenters. The summed E-state index contributed by atoms with van der Waals surface area (Å²) in [6.45, 7) is 8.28. The second-order valence-electron chi connectivity index (χ2n) is 4.88. The minimum absolute atomic E-state index is 0.0851. The topological polar surface area (TPSA) is 45.7 Å². The molecule has 1 rings (SSSR count). The maximum absolute atomic E-state index is 11.7. The van der Waals surface area contributed by atoms with Gasteiger partial charge in [0.05, 0.1) is 13.1 Å². The Kier molecular flexibility index (Phi) is 3.31. The lowest BCUT2D eigenvalue weighted by atomic mass is 9.96. The van der Waals surface area contributed by atoms with E-state index in [1.54, 1.807) is 0 Å². The molecule has 3 N–H and O–H groups in total. The van der Waals surface area contributed by atoms with Crippen molar-refractivity contribution in [1.82, 2.24) is 5.32 Å². The first-order valence-electron chi connectivity index (χ1n) is 5.13. The smallest absolute Gasteiger partial charge is 0.223 e. The summed E-state index contributed by atoms with van der Waals surface area (Å²) in [7, 11) is 0. The van der Waals surface area contributed by atoms with Gasteiger partial charge in [-0.1, -0.05) is 0 Å². The molecule has 0 bridgehead atoms. The van der Waals surface area contributed by atoms with Crippen molar-refractivity contribution in [3.8, 4) is 0 Å². The van der Waals surface area contributed by atoms with Crippen molar-refractivity contribution in [2.24, 2.45) is 5.92 Å². The van der Waals surface area contributed by atoms with Crippen LogP contribution >= 0.6 is 0 Å². The van der Waals surface area contributed by atoms with Crippen molar-refractivity contribution < 1.29 is 10.1 Å². The van der Waals surface area contributed by atoms with Crippen LogP contribution in [0.15, 0.2) is 0 Å². The first-order chi connectivity index (χ1) is 5.99. The van der Waals surface area contributed by atoms with E-state index in [0.717, 1.165) is 25.9 Å². The van der Waals surface area contributed by atoms with Gasteiger partial charge < -0.3 is 10.6 Å². The van der Waals surface area contributed by atoms with Crippen LogP contribution in [-0.2, 0) is 4.79 Å². The van der Waals surface area contributed by atoms with Crippen molar-refractivity contribution >= 4 is 5.91 Å². The Morgan fingerprint density at radius 1 is 1.31 bits per heavy atom. The van der Waals surface area contributed by atoms with Crippen LogP contribution in [0.2, 0.25) is 0 Å². The summed E-state index contributed by atoms with van der Waals surface area (Å²) in [5, 5.41) is 5.31. The number of carbonyl (C=O) groups excluding carboxylic acids is 1. The molecule has 0 aromatic rings. The van der Waals surface area contributed by atoms with E-state index >= 15 is 0 Å². The van der Waals surface area contributed by atoms with E-state index in [4.69, 9.17) is 0 Å². The zero-order valence-electron chi connectivity index (χ0n) is 8.89. The molecular formula is C10H21N2O+. The van der Waals surface area contributed by atoms with Crippen LogP contribution in [0.1, 0.15) is 33.6 Å². The molecule has 0 aliphatic carbocycles. The van der Waals surface area contributed by atoms with Gasteiger partial charge in [-0.2, -0.15) is 0 Å². The molecule has 1 aliphatic heterocycles. The SMILES string of the molecule is CC(C)(C)NC(=O)C1CC[NH2+]CC1. The molecule has 0 saturated carbocycles. The molecular weight excluding hydrogens is 164 g/mol. The summed E-state index contributed by atoms with van der Waals surface area (Å²) >= 11 is 0. The Balaban J connectivity index is 2.38. The highest BCUT2D eigenvalue weighted by atomic mass is 16.2. The number of piperidine rings is 1. The van der Waals surface area contributed by atoms with Crippen molar-refractivity contribution in [3.63, 3.8) is 0 Å². The predicted octanol–water partition coefficient (Wildman–Crippen LogP) is -0.125. The third kappa shape index (κ3) is 3.77. The quantitative estimate of drug-likeness (QED) is 0.587. The van der Waals surface area contributed by atoms with Crippen LogP contribution in [0.25, 0.3) is 0 Å². The van der Waals surface area contributed by atoms with Gasteiger partial charge in [0.1, 0.15) is 0 Å². The number of hydrogen-bond donors (Lipinski definition) is 2. The lowest BCUT2D eigenvalue weighted by Gasteiger charge is -2.26. The van der Waals surface area contributed by atoms with Crippen molar-refractivity contribution in [1.29, 1.82) is 0 Å². The average Bonchev–Trinajstić information content (AvgIpc) is 2.03. The zero-order valence-corrected chi connectivity index (χ0v) is 8.89. The van der Waals surface area contributed by atoms with Crippen LogP contribution in [-0.4, -0.2) is 24.5 Å². The van der Waals surface area contributed by atoms with Crippen LogP contribution in [0.3, 0.4) is 0 Å². The van der Waals surface area contributed by atoms with Crippen LogP contribution in [0, 0.1) is 5.92 Å². The summed E-state index contributed by atoms with van der Waals surface area (Å²) < 4.78 is 0. The standard InChI is InChI=1S/C10H20N2O/c1-10(2,3)12-9(13)8-4-6-11-7-5-8/h8,11H,4-7H2,1-3H3,(H,12,13)/p+1. The second kappa shape index (κ2) is 4.09. The number of rotatable bonds is 1. The molecule has 13 heavy (non-hydrogen) atoms. The molecule has 1 aliphatic rings. The molecule has 0 spiro atoms. The van der Waals surface area contributed by atoms with E-state index in [1.807, 2.05) is 20.8 Å². The fraction of sp³-hybridized carbons (Fsp3) is 0.900. The minimum atomic E-state index is -0.0851. The van der Waals surface area contributed by atoms with E-state index in [9.17, 15) is 4.79 Å². The van der Waals surface area contributed by atoms with E-state index in [-0.39, 0.29) is 17.4 Å². The highest BCUT2D eigenvalue weighted by Crippen LogP contribution is 2.11. The largest absolute Gasteiger partial charge is 0.351 e. The third-order valence-corrected chi connectivity index (χ3v) is 2.31. The van der Waals surface area contributed by atoms with Gasteiger partial charge in [0.2, 0.25) is 5.91 Å². The second-order valence-corrected chi connectivity index (χ2v) is 4.88. The Hall–Kier alpha value is -0.570. The molecule has 0 aromatic carbocycles. The molecule has 0 aromatic heterocycles. The lowest BCUT2D eigenvalue weighted by molar-refractivity contribution is -0.664. The lowest BCUT2D eigenvalue weighted by Crippen LogP contribution is -2.86. The van der Waals surface area contributed by atoms with Crippen LogP contribution in [0.4, 0.5) is 0 Å². The molecule has 0 radical (unpaired) electrons. The van der Waals surface area contributed by atoms with Crippen molar-refractivity contribution in [2.75, 3.05) is 13.1 Å². The third-order valence-electron chi connectivity index (χ3n) is 2.31. The van der Waals surface area contributed by atoms with Gasteiger partial charge in [-0.15, -0.1) is 0 Å². The van der Waals surface area contributed by atoms with Gasteiger partial charge in [-0.05, 0) is 20.8 Å². The monoisotopic (exact) mass is 185 g/mol. The number of carbonyl (C=O) groups is 1. The van der Waals surface area contributed by atoms with Gasteiger partial charge in [-0.3, -0.25) is 4.79 Å². The predicted molar refractivity (Wildman–Crippen MR) is 52.3 cm³/mol.